The van der Waals surface area contributed by atoms with E-state index < -0.39 is 0 Å². The number of rotatable bonds is 5. The Labute approximate surface area is 134 Å². The van der Waals surface area contributed by atoms with Gasteiger partial charge in [-0.15, -0.1) is 11.3 Å². The van der Waals surface area contributed by atoms with E-state index in [4.69, 9.17) is 0 Å². The van der Waals surface area contributed by atoms with E-state index in [1.807, 2.05) is 24.4 Å². The van der Waals surface area contributed by atoms with Crippen molar-refractivity contribution in [1.29, 1.82) is 0 Å². The molecule has 2 aliphatic carbocycles. The normalized spacial score (nSPS) is 24.8. The van der Waals surface area contributed by atoms with Crippen LogP contribution in [0.3, 0.4) is 0 Å². The van der Waals surface area contributed by atoms with Crippen LogP contribution in [0.2, 0.25) is 0 Å². The van der Waals surface area contributed by atoms with Crippen LogP contribution in [0.1, 0.15) is 46.7 Å². The molecule has 22 heavy (non-hydrogen) atoms. The molecule has 2 fully saturated rings. The average Bonchev–Trinajstić information content (AvgIpc) is 3.44. The standard InChI is InChI=1S/C18H20N2OS/c1-11-10-19-18(22-11)16(13-7-8-13)20-17(21)15-9-14(15)12-5-3-2-4-6-12/h2-6,10,13-16H,7-9H2,1H3,(H,20,21). The molecule has 0 bridgehead atoms. The summed E-state index contributed by atoms with van der Waals surface area (Å²) in [6, 6.07) is 10.5. The van der Waals surface area contributed by atoms with Gasteiger partial charge in [0.2, 0.25) is 5.91 Å². The molecule has 2 saturated carbocycles. The molecule has 3 unspecified atom stereocenters. The van der Waals surface area contributed by atoms with Crippen molar-refractivity contribution in [3.05, 3.63) is 52.0 Å². The first-order chi connectivity index (χ1) is 10.7. The molecule has 2 aliphatic rings. The van der Waals surface area contributed by atoms with Crippen molar-refractivity contribution in [2.24, 2.45) is 11.8 Å². The second kappa shape index (κ2) is 5.51. The van der Waals surface area contributed by atoms with Crippen molar-refractivity contribution >= 4 is 17.2 Å². The number of carbonyl (C=O) groups excluding carboxylic acids is 1. The van der Waals surface area contributed by atoms with Crippen molar-refractivity contribution in [3.8, 4) is 0 Å². The number of amides is 1. The van der Waals surface area contributed by atoms with Crippen molar-refractivity contribution in [3.63, 3.8) is 0 Å². The lowest BCUT2D eigenvalue weighted by molar-refractivity contribution is -0.123. The van der Waals surface area contributed by atoms with Crippen LogP contribution in [0, 0.1) is 18.8 Å². The Bertz CT molecular complexity index is 677. The van der Waals surface area contributed by atoms with Gasteiger partial charge in [-0.2, -0.15) is 0 Å². The maximum Gasteiger partial charge on any atom is 0.224 e. The van der Waals surface area contributed by atoms with Crippen LogP contribution in [0.5, 0.6) is 0 Å². The van der Waals surface area contributed by atoms with E-state index >= 15 is 0 Å². The molecule has 4 heteroatoms. The van der Waals surface area contributed by atoms with E-state index in [0.29, 0.717) is 11.8 Å². The van der Waals surface area contributed by atoms with Gasteiger partial charge in [0.1, 0.15) is 5.01 Å². The summed E-state index contributed by atoms with van der Waals surface area (Å²) in [5.74, 6) is 1.34. The van der Waals surface area contributed by atoms with Gasteiger partial charge in [-0.3, -0.25) is 4.79 Å². The highest BCUT2D eigenvalue weighted by Crippen LogP contribution is 2.49. The minimum atomic E-state index is 0.128. The molecular weight excluding hydrogens is 292 g/mol. The van der Waals surface area contributed by atoms with E-state index in [2.05, 4.69) is 29.4 Å². The molecule has 1 N–H and O–H groups in total. The van der Waals surface area contributed by atoms with Crippen LogP contribution in [-0.4, -0.2) is 10.9 Å². The van der Waals surface area contributed by atoms with Crippen LogP contribution in [-0.2, 0) is 4.79 Å². The third-order valence-corrected chi connectivity index (χ3v) is 5.65. The summed E-state index contributed by atoms with van der Waals surface area (Å²) >= 11 is 1.71. The van der Waals surface area contributed by atoms with Crippen LogP contribution in [0.25, 0.3) is 0 Å². The fourth-order valence-corrected chi connectivity index (χ4v) is 4.06. The molecule has 0 radical (unpaired) electrons. The summed E-state index contributed by atoms with van der Waals surface area (Å²) in [6.45, 7) is 2.07. The van der Waals surface area contributed by atoms with Gasteiger partial charge in [-0.1, -0.05) is 30.3 Å². The van der Waals surface area contributed by atoms with Gasteiger partial charge in [-0.05, 0) is 43.6 Å². The van der Waals surface area contributed by atoms with Crippen molar-refractivity contribution in [2.45, 2.75) is 38.1 Å². The molecule has 1 aromatic heterocycles. The summed E-state index contributed by atoms with van der Waals surface area (Å²) in [7, 11) is 0. The highest BCUT2D eigenvalue weighted by Gasteiger charge is 2.46. The van der Waals surface area contributed by atoms with E-state index in [0.717, 1.165) is 11.4 Å². The van der Waals surface area contributed by atoms with E-state index in [9.17, 15) is 4.79 Å². The van der Waals surface area contributed by atoms with E-state index in [1.165, 1.54) is 23.3 Å². The van der Waals surface area contributed by atoms with Crippen molar-refractivity contribution in [1.82, 2.24) is 10.3 Å². The first kappa shape index (κ1) is 13.9. The molecule has 114 valence electrons. The van der Waals surface area contributed by atoms with E-state index in [1.54, 1.807) is 11.3 Å². The number of nitrogens with zero attached hydrogens (tertiary/aromatic N) is 1. The molecule has 0 aliphatic heterocycles. The fraction of sp³-hybridized carbons (Fsp3) is 0.444. The van der Waals surface area contributed by atoms with Gasteiger partial charge < -0.3 is 5.32 Å². The van der Waals surface area contributed by atoms with Crippen molar-refractivity contribution in [2.75, 3.05) is 0 Å². The van der Waals surface area contributed by atoms with Crippen molar-refractivity contribution < 1.29 is 4.79 Å². The molecule has 0 saturated heterocycles. The van der Waals surface area contributed by atoms with Crippen LogP contribution < -0.4 is 5.32 Å². The number of aryl methyl sites for hydroxylation is 1. The first-order valence-corrected chi connectivity index (χ1v) is 8.81. The maximum absolute atomic E-state index is 12.6. The molecule has 2 aromatic rings. The lowest BCUT2D eigenvalue weighted by atomic mass is 10.1. The number of thiazole rings is 1. The predicted molar refractivity (Wildman–Crippen MR) is 87.7 cm³/mol. The van der Waals surface area contributed by atoms with Gasteiger partial charge in [0.25, 0.3) is 0 Å². The summed E-state index contributed by atoms with van der Waals surface area (Å²) in [5, 5.41) is 4.35. The lowest BCUT2D eigenvalue weighted by Gasteiger charge is -2.16. The van der Waals surface area contributed by atoms with Gasteiger partial charge in [0.15, 0.2) is 0 Å². The number of nitrogens with one attached hydrogen (secondary N) is 1. The number of aromatic nitrogens is 1. The monoisotopic (exact) mass is 312 g/mol. The van der Waals surface area contributed by atoms with Gasteiger partial charge >= 0.3 is 0 Å². The molecule has 1 aromatic carbocycles. The van der Waals surface area contributed by atoms with Crippen LogP contribution in [0.4, 0.5) is 0 Å². The average molecular weight is 312 g/mol. The van der Waals surface area contributed by atoms with Gasteiger partial charge in [0, 0.05) is 17.0 Å². The molecule has 3 atom stereocenters. The smallest absolute Gasteiger partial charge is 0.224 e. The largest absolute Gasteiger partial charge is 0.346 e. The number of carbonyl (C=O) groups is 1. The Kier molecular flexibility index (Phi) is 3.49. The number of hydrogen-bond donors (Lipinski definition) is 1. The quantitative estimate of drug-likeness (QED) is 0.912. The third-order valence-electron chi connectivity index (χ3n) is 4.65. The lowest BCUT2D eigenvalue weighted by Crippen LogP contribution is -2.31. The predicted octanol–water partition coefficient (Wildman–Crippen LogP) is 3.82. The van der Waals surface area contributed by atoms with E-state index in [-0.39, 0.29) is 17.9 Å². The second-order valence-corrected chi connectivity index (χ2v) is 7.76. The minimum Gasteiger partial charge on any atom is -0.346 e. The Hall–Kier alpha value is -1.68. The molecule has 0 spiro atoms. The Morgan fingerprint density at radius 2 is 2.09 bits per heavy atom. The molecule has 3 nitrogen and oxygen atoms in total. The molecular formula is C18H20N2OS. The van der Waals surface area contributed by atoms with Gasteiger partial charge in [-0.25, -0.2) is 4.98 Å². The highest BCUT2D eigenvalue weighted by molar-refractivity contribution is 7.11. The first-order valence-electron chi connectivity index (χ1n) is 8.00. The molecule has 1 heterocycles. The third kappa shape index (κ3) is 2.80. The Morgan fingerprint density at radius 3 is 2.73 bits per heavy atom. The summed E-state index contributed by atoms with van der Waals surface area (Å²) in [6.07, 6.45) is 5.29. The zero-order chi connectivity index (χ0) is 15.1. The fourth-order valence-electron chi connectivity index (χ4n) is 3.14. The Morgan fingerprint density at radius 1 is 1.32 bits per heavy atom. The van der Waals surface area contributed by atoms with Crippen LogP contribution in [0.15, 0.2) is 36.5 Å². The zero-order valence-electron chi connectivity index (χ0n) is 12.7. The number of hydrogen-bond acceptors (Lipinski definition) is 3. The molecule has 4 rings (SSSR count). The topological polar surface area (TPSA) is 42.0 Å². The number of benzene rings is 1. The highest BCUT2D eigenvalue weighted by atomic mass is 32.1. The second-order valence-electron chi connectivity index (χ2n) is 6.49. The SMILES string of the molecule is Cc1cnc(C(NC(=O)C2CC2c2ccccc2)C2CC2)s1. The summed E-state index contributed by atoms with van der Waals surface area (Å²) in [4.78, 5) is 18.3. The maximum atomic E-state index is 12.6. The summed E-state index contributed by atoms with van der Waals surface area (Å²) < 4.78 is 0. The van der Waals surface area contributed by atoms with Crippen LogP contribution >= 0.6 is 11.3 Å². The summed E-state index contributed by atoms with van der Waals surface area (Å²) in [5.41, 5.74) is 1.29. The minimum absolute atomic E-state index is 0.128. The molecule has 1 amide bonds. The Balaban J connectivity index is 1.43. The van der Waals surface area contributed by atoms with Gasteiger partial charge in [0.05, 0.1) is 6.04 Å². The zero-order valence-corrected chi connectivity index (χ0v) is 13.5.